The van der Waals surface area contributed by atoms with E-state index in [1.807, 2.05) is 0 Å². The van der Waals surface area contributed by atoms with Crippen molar-refractivity contribution >= 4 is 63.3 Å². The lowest BCUT2D eigenvalue weighted by molar-refractivity contribution is -0.115. The van der Waals surface area contributed by atoms with Crippen molar-refractivity contribution in [3.63, 3.8) is 0 Å². The molecule has 1 amide bonds. The molecular formula is C22H24N2O7S3. The first-order chi connectivity index (χ1) is 16.1. The van der Waals surface area contributed by atoms with Crippen LogP contribution in [0.3, 0.4) is 0 Å². The highest BCUT2D eigenvalue weighted by Crippen LogP contribution is 2.39. The molecule has 0 radical (unpaired) electrons. The fourth-order valence-electron chi connectivity index (χ4n) is 2.86. The molecule has 2 aromatic rings. The van der Waals surface area contributed by atoms with Crippen LogP contribution in [-0.4, -0.2) is 49.4 Å². The molecule has 0 spiro atoms. The van der Waals surface area contributed by atoms with Crippen LogP contribution in [-0.2, 0) is 19.0 Å². The molecule has 2 aromatic heterocycles. The fraction of sp³-hybridized carbons (Fsp3) is 0.409. The number of ether oxygens (including phenoxy) is 3. The summed E-state index contributed by atoms with van der Waals surface area (Å²) in [6.07, 6.45) is 0. The molecule has 0 saturated carbocycles. The Morgan fingerprint density at radius 1 is 1.00 bits per heavy atom. The summed E-state index contributed by atoms with van der Waals surface area (Å²) in [5.41, 5.74) is 1.24. The van der Waals surface area contributed by atoms with Gasteiger partial charge < -0.3 is 19.5 Å². The maximum atomic E-state index is 13.0. The Hall–Kier alpha value is -2.88. The van der Waals surface area contributed by atoms with Gasteiger partial charge in [0.15, 0.2) is 0 Å². The number of thioether (sulfide) groups is 1. The zero-order chi connectivity index (χ0) is 25.6. The topological polar surface area (TPSA) is 132 Å². The molecular weight excluding hydrogens is 500 g/mol. The van der Waals surface area contributed by atoms with Gasteiger partial charge in [0.25, 0.3) is 0 Å². The van der Waals surface area contributed by atoms with Gasteiger partial charge in [0.05, 0.1) is 40.9 Å². The van der Waals surface area contributed by atoms with E-state index >= 15 is 0 Å². The lowest BCUT2D eigenvalue weighted by Crippen LogP contribution is -2.23. The van der Waals surface area contributed by atoms with Crippen molar-refractivity contribution in [2.45, 2.75) is 44.1 Å². The van der Waals surface area contributed by atoms with Crippen molar-refractivity contribution in [3.05, 3.63) is 32.0 Å². The minimum atomic E-state index is -0.695. The quantitative estimate of drug-likeness (QED) is 0.285. The summed E-state index contributed by atoms with van der Waals surface area (Å²) >= 11 is 3.13. The van der Waals surface area contributed by atoms with Gasteiger partial charge in [-0.05, 0) is 45.7 Å². The second-order valence-corrected chi connectivity index (χ2v) is 10.4. The Kier molecular flexibility index (Phi) is 9.66. The number of carbonyl (C=O) groups is 4. The molecule has 0 bridgehead atoms. The third kappa shape index (κ3) is 5.78. The number of methoxy groups -OCH3 is 1. The van der Waals surface area contributed by atoms with E-state index in [2.05, 4.69) is 11.4 Å². The van der Waals surface area contributed by atoms with Crippen molar-refractivity contribution in [3.8, 4) is 6.07 Å². The first kappa shape index (κ1) is 27.4. The normalized spacial score (nSPS) is 11.3. The minimum Gasteiger partial charge on any atom is -0.465 e. The predicted molar refractivity (Wildman–Crippen MR) is 130 cm³/mol. The van der Waals surface area contributed by atoms with E-state index < -0.39 is 29.1 Å². The third-order valence-electron chi connectivity index (χ3n) is 4.57. The van der Waals surface area contributed by atoms with Crippen molar-refractivity contribution in [2.24, 2.45) is 0 Å². The number of hydrogen-bond acceptors (Lipinski definition) is 11. The van der Waals surface area contributed by atoms with Gasteiger partial charge >= 0.3 is 17.9 Å². The number of anilines is 1. The molecule has 1 unspecified atom stereocenters. The number of nitriles is 1. The van der Waals surface area contributed by atoms with E-state index in [0.29, 0.717) is 25.8 Å². The van der Waals surface area contributed by atoms with E-state index in [4.69, 9.17) is 14.2 Å². The van der Waals surface area contributed by atoms with E-state index in [9.17, 15) is 24.4 Å². The van der Waals surface area contributed by atoms with Crippen LogP contribution in [0.2, 0.25) is 0 Å². The average Bonchev–Trinajstić information content (AvgIpc) is 3.29. The fourth-order valence-corrected chi connectivity index (χ4v) is 6.51. The number of nitrogens with zero attached hydrogens (tertiary/aromatic N) is 1. The maximum Gasteiger partial charge on any atom is 0.348 e. The smallest absolute Gasteiger partial charge is 0.348 e. The minimum absolute atomic E-state index is 0.0791. The highest BCUT2D eigenvalue weighted by molar-refractivity contribution is 8.02. The number of amides is 1. The van der Waals surface area contributed by atoms with Gasteiger partial charge in [-0.1, -0.05) is 0 Å². The van der Waals surface area contributed by atoms with Crippen molar-refractivity contribution in [1.82, 2.24) is 0 Å². The number of esters is 3. The molecule has 0 fully saturated rings. The molecule has 9 nitrogen and oxygen atoms in total. The Balaban J connectivity index is 2.32. The molecule has 2 rings (SSSR count). The summed E-state index contributed by atoms with van der Waals surface area (Å²) in [5, 5.41) is 11.7. The number of carbonyl (C=O) groups excluding carboxylic acids is 4. The lowest BCUT2D eigenvalue weighted by Gasteiger charge is -2.11. The lowest BCUT2D eigenvalue weighted by atomic mass is 10.1. The second-order valence-electron chi connectivity index (χ2n) is 6.77. The third-order valence-corrected chi connectivity index (χ3v) is 8.35. The number of rotatable bonds is 9. The Morgan fingerprint density at radius 3 is 2.06 bits per heavy atom. The summed E-state index contributed by atoms with van der Waals surface area (Å²) in [5.74, 6) is -2.27. The molecule has 182 valence electrons. The summed E-state index contributed by atoms with van der Waals surface area (Å²) in [6.45, 7) is 8.58. The van der Waals surface area contributed by atoms with Crippen molar-refractivity contribution < 1.29 is 33.4 Å². The van der Waals surface area contributed by atoms with E-state index in [1.165, 1.54) is 7.11 Å². The number of nitrogens with one attached hydrogen (secondary N) is 1. The largest absolute Gasteiger partial charge is 0.465 e. The molecule has 0 aliphatic carbocycles. The second kappa shape index (κ2) is 12.0. The molecule has 0 aliphatic heterocycles. The van der Waals surface area contributed by atoms with Crippen LogP contribution >= 0.6 is 34.4 Å². The van der Waals surface area contributed by atoms with Crippen molar-refractivity contribution in [1.29, 1.82) is 5.26 Å². The molecule has 0 aliphatic rings. The first-order valence-electron chi connectivity index (χ1n) is 10.2. The summed E-state index contributed by atoms with van der Waals surface area (Å²) in [6, 6.07) is 2.08. The Morgan fingerprint density at radius 2 is 1.56 bits per heavy atom. The highest BCUT2D eigenvalue weighted by atomic mass is 32.2. The molecule has 0 aromatic carbocycles. The van der Waals surface area contributed by atoms with Gasteiger partial charge in [0.2, 0.25) is 5.91 Å². The van der Waals surface area contributed by atoms with Crippen LogP contribution in [0.25, 0.3) is 0 Å². The van der Waals surface area contributed by atoms with Crippen LogP contribution in [0.4, 0.5) is 5.00 Å². The summed E-state index contributed by atoms with van der Waals surface area (Å²) in [7, 11) is 1.21. The monoisotopic (exact) mass is 524 g/mol. The van der Waals surface area contributed by atoms with Crippen molar-refractivity contribution in [2.75, 3.05) is 25.6 Å². The van der Waals surface area contributed by atoms with E-state index in [1.54, 1.807) is 34.6 Å². The van der Waals surface area contributed by atoms with Crippen LogP contribution in [0.5, 0.6) is 0 Å². The van der Waals surface area contributed by atoms with Gasteiger partial charge in [-0.25, -0.2) is 14.4 Å². The molecule has 2 heterocycles. The highest BCUT2D eigenvalue weighted by Gasteiger charge is 2.29. The standard InChI is InChI=1S/C22H24N2O7S3/c1-7-30-20(27)15-10(3)13(9-23)22(34-15)32-12(5)17(25)24-18-14(19(26)29-6)11(4)16(33-18)21(28)31-8-2/h12H,7-8H2,1-6H3,(H,24,25). The van der Waals surface area contributed by atoms with Gasteiger partial charge in [-0.15, -0.1) is 34.4 Å². The zero-order valence-electron chi connectivity index (χ0n) is 19.5. The van der Waals surface area contributed by atoms with Crippen LogP contribution in [0, 0.1) is 25.2 Å². The maximum absolute atomic E-state index is 13.0. The van der Waals surface area contributed by atoms with E-state index in [0.717, 1.165) is 34.4 Å². The summed E-state index contributed by atoms with van der Waals surface area (Å²) < 4.78 is 15.4. The zero-order valence-corrected chi connectivity index (χ0v) is 22.0. The molecule has 1 atom stereocenters. The molecule has 34 heavy (non-hydrogen) atoms. The van der Waals surface area contributed by atoms with Gasteiger partial charge in [0, 0.05) is 0 Å². The average molecular weight is 525 g/mol. The first-order valence-corrected chi connectivity index (χ1v) is 12.7. The molecule has 12 heteroatoms. The van der Waals surface area contributed by atoms with Gasteiger partial charge in [-0.2, -0.15) is 5.26 Å². The van der Waals surface area contributed by atoms with Gasteiger partial charge in [0.1, 0.15) is 20.8 Å². The SMILES string of the molecule is CCOC(=O)c1sc(SC(C)C(=O)Nc2sc(C(=O)OCC)c(C)c2C(=O)OC)c(C#N)c1C. The Labute approximate surface area is 209 Å². The number of hydrogen-bond donors (Lipinski definition) is 1. The van der Waals surface area contributed by atoms with Crippen LogP contribution in [0.1, 0.15) is 67.2 Å². The van der Waals surface area contributed by atoms with Crippen LogP contribution in [0.15, 0.2) is 4.21 Å². The van der Waals surface area contributed by atoms with Crippen LogP contribution < -0.4 is 5.32 Å². The molecule has 1 N–H and O–H groups in total. The van der Waals surface area contributed by atoms with E-state index in [-0.39, 0.29) is 28.7 Å². The molecule has 0 saturated heterocycles. The van der Waals surface area contributed by atoms with Gasteiger partial charge in [-0.3, -0.25) is 4.79 Å². The predicted octanol–water partition coefficient (Wildman–Crippen LogP) is 4.56. The number of thiophene rings is 2. The Bertz CT molecular complexity index is 1160. The summed E-state index contributed by atoms with van der Waals surface area (Å²) in [4.78, 5) is 50.2.